The van der Waals surface area contributed by atoms with Crippen LogP contribution in [0.3, 0.4) is 0 Å². The molecule has 0 heterocycles. The molecule has 0 fully saturated rings. The van der Waals surface area contributed by atoms with E-state index in [0.717, 1.165) is 11.1 Å². The number of aryl methyl sites for hydroxylation is 2. The Labute approximate surface area is 314 Å². The fraction of sp³-hybridized carbons (Fsp3) is 0.541. The molecular weight excluding hydrogens is 696 g/mol. The molecule has 0 saturated carbocycles. The summed E-state index contributed by atoms with van der Waals surface area (Å²) in [5, 5.41) is 2.52. The third-order valence-corrected chi connectivity index (χ3v) is 7.11. The quantitative estimate of drug-likeness (QED) is 0.155. The first-order chi connectivity index (χ1) is 23.3. The third-order valence-electron chi connectivity index (χ3n) is 7.11. The number of alkyl carbamates (subject to hydrolysis) is 1. The molecule has 0 aliphatic heterocycles. The molecule has 0 spiro atoms. The SMILES string of the molecule is Cc1ccc(N(C)C(=O)OCOC(=O)[C@@H](N)C(C)(C)C)cc1.Cc1ccc(N(C)C(=O)OCOC(=O)[C@@H](NC(=O)OC(C)(C)C)C(C)(C)C)cc1.Cl. The van der Waals surface area contributed by atoms with E-state index >= 15 is 0 Å². The van der Waals surface area contributed by atoms with Gasteiger partial charge in [0.25, 0.3) is 0 Å². The van der Waals surface area contributed by atoms with Crippen LogP contribution >= 0.6 is 12.4 Å². The highest BCUT2D eigenvalue weighted by Crippen LogP contribution is 2.22. The minimum Gasteiger partial charge on any atom is -0.444 e. The van der Waals surface area contributed by atoms with Crippen LogP contribution in [0.4, 0.5) is 25.8 Å². The molecule has 0 radical (unpaired) electrons. The van der Waals surface area contributed by atoms with Gasteiger partial charge in [0.1, 0.15) is 17.7 Å². The molecule has 2 aromatic carbocycles. The normalized spacial score (nSPS) is 12.3. The van der Waals surface area contributed by atoms with Gasteiger partial charge in [-0.3, -0.25) is 14.6 Å². The number of amides is 3. The second kappa shape index (κ2) is 20.5. The molecule has 15 heteroatoms. The number of nitrogens with one attached hydrogen (secondary N) is 1. The van der Waals surface area contributed by atoms with Crippen LogP contribution in [0.2, 0.25) is 0 Å². The predicted molar refractivity (Wildman–Crippen MR) is 201 cm³/mol. The van der Waals surface area contributed by atoms with Crippen molar-refractivity contribution < 1.29 is 47.7 Å². The fourth-order valence-electron chi connectivity index (χ4n) is 3.80. The second-order valence-electron chi connectivity index (χ2n) is 15.1. The van der Waals surface area contributed by atoms with Crippen molar-refractivity contribution in [2.24, 2.45) is 16.6 Å². The molecule has 2 atom stereocenters. The molecule has 0 bridgehead atoms. The number of halogens is 1. The van der Waals surface area contributed by atoms with Gasteiger partial charge in [-0.1, -0.05) is 76.9 Å². The Bertz CT molecular complexity index is 1460. The van der Waals surface area contributed by atoms with Crippen LogP contribution in [0.25, 0.3) is 0 Å². The zero-order valence-electron chi connectivity index (χ0n) is 32.7. The maximum absolute atomic E-state index is 12.5. The fourth-order valence-corrected chi connectivity index (χ4v) is 3.80. The average Bonchev–Trinajstić information content (AvgIpc) is 3.01. The lowest BCUT2D eigenvalue weighted by molar-refractivity contribution is -0.157. The number of hydrogen-bond acceptors (Lipinski definition) is 11. The maximum Gasteiger partial charge on any atom is 0.416 e. The third kappa shape index (κ3) is 17.1. The number of hydrogen-bond donors (Lipinski definition) is 2. The molecule has 14 nitrogen and oxygen atoms in total. The Balaban J connectivity index is 0.00000102. The molecule has 0 aliphatic carbocycles. The number of esters is 2. The lowest BCUT2D eigenvalue weighted by Gasteiger charge is -2.30. The van der Waals surface area contributed by atoms with Crippen molar-refractivity contribution in [1.29, 1.82) is 0 Å². The van der Waals surface area contributed by atoms with Crippen LogP contribution in [0.5, 0.6) is 0 Å². The minimum absolute atomic E-state index is 0. The first-order valence-electron chi connectivity index (χ1n) is 16.4. The molecule has 0 saturated heterocycles. The summed E-state index contributed by atoms with van der Waals surface area (Å²) in [5.74, 6) is -1.33. The van der Waals surface area contributed by atoms with E-state index in [4.69, 9.17) is 29.4 Å². The minimum atomic E-state index is -0.981. The van der Waals surface area contributed by atoms with Crippen LogP contribution < -0.4 is 20.9 Å². The highest BCUT2D eigenvalue weighted by atomic mass is 35.5. The molecule has 2 rings (SSSR count). The zero-order valence-corrected chi connectivity index (χ0v) is 33.5. The molecule has 3 N–H and O–H groups in total. The molecule has 0 aromatic heterocycles. The number of rotatable bonds is 9. The molecule has 2 aromatic rings. The molecule has 3 amide bonds. The number of carbonyl (C=O) groups excluding carboxylic acids is 5. The van der Waals surface area contributed by atoms with Gasteiger partial charge in [-0.15, -0.1) is 12.4 Å². The second-order valence-corrected chi connectivity index (χ2v) is 15.1. The van der Waals surface area contributed by atoms with Gasteiger partial charge in [0.2, 0.25) is 13.6 Å². The van der Waals surface area contributed by atoms with E-state index in [9.17, 15) is 24.0 Å². The van der Waals surface area contributed by atoms with Gasteiger partial charge in [0.05, 0.1) is 0 Å². The summed E-state index contributed by atoms with van der Waals surface area (Å²) in [6.45, 7) is 18.8. The van der Waals surface area contributed by atoms with E-state index in [-0.39, 0.29) is 12.4 Å². The van der Waals surface area contributed by atoms with E-state index < -0.39 is 72.3 Å². The zero-order chi connectivity index (χ0) is 39.3. The van der Waals surface area contributed by atoms with Gasteiger partial charge >= 0.3 is 30.2 Å². The van der Waals surface area contributed by atoms with Crippen LogP contribution in [0, 0.1) is 24.7 Å². The molecular formula is C37H57ClN4O10. The Morgan fingerprint density at radius 2 is 1.00 bits per heavy atom. The summed E-state index contributed by atoms with van der Waals surface area (Å²) in [6.07, 6.45) is -2.01. The number of ether oxygens (including phenoxy) is 5. The number of benzene rings is 2. The van der Waals surface area contributed by atoms with Crippen molar-refractivity contribution in [2.75, 3.05) is 37.5 Å². The van der Waals surface area contributed by atoms with Crippen molar-refractivity contribution >= 4 is 54.0 Å². The van der Waals surface area contributed by atoms with Crippen molar-refractivity contribution in [3.05, 3.63) is 59.7 Å². The van der Waals surface area contributed by atoms with Crippen LogP contribution in [-0.2, 0) is 33.3 Å². The highest BCUT2D eigenvalue weighted by Gasteiger charge is 2.36. The van der Waals surface area contributed by atoms with Gasteiger partial charge in [0.15, 0.2) is 0 Å². The topological polar surface area (TPSA) is 176 Å². The Kier molecular flexibility index (Phi) is 18.7. The number of nitrogens with two attached hydrogens (primary N) is 1. The van der Waals surface area contributed by atoms with Gasteiger partial charge in [-0.25, -0.2) is 19.2 Å². The first-order valence-corrected chi connectivity index (χ1v) is 16.4. The lowest BCUT2D eigenvalue weighted by Crippen LogP contribution is -2.51. The van der Waals surface area contributed by atoms with Crippen LogP contribution in [0.1, 0.15) is 73.4 Å². The van der Waals surface area contributed by atoms with Crippen molar-refractivity contribution in [3.8, 4) is 0 Å². The van der Waals surface area contributed by atoms with Crippen LogP contribution in [-0.4, -0.2) is 75.6 Å². The van der Waals surface area contributed by atoms with E-state index in [1.165, 1.54) is 9.80 Å². The van der Waals surface area contributed by atoms with E-state index in [1.54, 1.807) is 79.9 Å². The average molecular weight is 753 g/mol. The van der Waals surface area contributed by atoms with E-state index in [0.29, 0.717) is 11.4 Å². The summed E-state index contributed by atoms with van der Waals surface area (Å²) in [6, 6.07) is 12.9. The molecule has 52 heavy (non-hydrogen) atoms. The smallest absolute Gasteiger partial charge is 0.416 e. The number of nitrogens with zero attached hydrogens (tertiary/aromatic N) is 2. The highest BCUT2D eigenvalue weighted by molar-refractivity contribution is 5.88. The summed E-state index contributed by atoms with van der Waals surface area (Å²) in [5.41, 5.74) is 7.48. The Hall–Kier alpha value is -4.56. The van der Waals surface area contributed by atoms with Crippen molar-refractivity contribution in [3.63, 3.8) is 0 Å². The summed E-state index contributed by atoms with van der Waals surface area (Å²) in [7, 11) is 3.13. The summed E-state index contributed by atoms with van der Waals surface area (Å²) < 4.78 is 25.0. The van der Waals surface area contributed by atoms with Crippen molar-refractivity contribution in [1.82, 2.24) is 5.32 Å². The monoisotopic (exact) mass is 752 g/mol. The number of carbonyl (C=O) groups is 5. The molecule has 292 valence electrons. The van der Waals surface area contributed by atoms with E-state index in [2.05, 4.69) is 5.32 Å². The van der Waals surface area contributed by atoms with Gasteiger partial charge in [-0.2, -0.15) is 0 Å². The lowest BCUT2D eigenvalue weighted by atomic mass is 9.87. The van der Waals surface area contributed by atoms with Crippen LogP contribution in [0.15, 0.2) is 48.5 Å². The van der Waals surface area contributed by atoms with E-state index in [1.807, 2.05) is 58.9 Å². The van der Waals surface area contributed by atoms with Crippen molar-refractivity contribution in [2.45, 2.75) is 93.8 Å². The van der Waals surface area contributed by atoms with Gasteiger partial charge in [-0.05, 0) is 69.7 Å². The summed E-state index contributed by atoms with van der Waals surface area (Å²) >= 11 is 0. The Morgan fingerprint density at radius 3 is 1.33 bits per heavy atom. The predicted octanol–water partition coefficient (Wildman–Crippen LogP) is 6.87. The molecule has 0 aliphatic rings. The van der Waals surface area contributed by atoms with Gasteiger partial charge in [0, 0.05) is 25.5 Å². The number of anilines is 2. The van der Waals surface area contributed by atoms with Gasteiger partial charge < -0.3 is 34.7 Å². The first kappa shape index (κ1) is 47.4. The Morgan fingerprint density at radius 1 is 0.635 bits per heavy atom. The summed E-state index contributed by atoms with van der Waals surface area (Å²) in [4.78, 5) is 62.8. The maximum atomic E-state index is 12.5. The molecule has 0 unspecified atom stereocenters. The largest absolute Gasteiger partial charge is 0.444 e. The standard InChI is InChI=1S/C21H32N2O6.C16H24N2O4.ClH/c1-14-9-11-15(12-10-14)23(8)19(26)28-13-27-17(24)16(20(2,3)4)22-18(25)29-21(5,6)7;1-11-6-8-12(9-7-11)18(5)15(20)22-10-21-14(19)13(17)16(2,3)4;/h9-12,16H,13H2,1-8H3,(H,22,25);6-9,13H,10,17H2,1-5H3;1H/t16-;13-;/m11./s1.